The average molecular weight is 491 g/mol. The Labute approximate surface area is 187 Å². The summed E-state index contributed by atoms with van der Waals surface area (Å²) in [5, 5.41) is 13.6. The molecule has 33 heavy (non-hydrogen) atoms. The van der Waals surface area contributed by atoms with E-state index in [0.717, 1.165) is 42.7 Å². The first-order valence-electron chi connectivity index (χ1n) is 9.25. The van der Waals surface area contributed by atoms with Crippen molar-refractivity contribution in [3.63, 3.8) is 0 Å². The molecule has 14 heteroatoms. The van der Waals surface area contributed by atoms with Gasteiger partial charge in [-0.25, -0.2) is 8.42 Å². The first kappa shape index (κ1) is 25.7. The summed E-state index contributed by atoms with van der Waals surface area (Å²) in [5.41, 5.74) is -0.562. The van der Waals surface area contributed by atoms with E-state index in [2.05, 4.69) is 10.1 Å². The summed E-state index contributed by atoms with van der Waals surface area (Å²) >= 11 is 0. The first-order valence-corrected chi connectivity index (χ1v) is 11.1. The number of amides is 1. The lowest BCUT2D eigenvalue weighted by Crippen LogP contribution is -2.47. The van der Waals surface area contributed by atoms with Crippen LogP contribution in [0.1, 0.15) is 13.3 Å². The van der Waals surface area contributed by atoms with Gasteiger partial charge in [0, 0.05) is 17.8 Å². The van der Waals surface area contributed by atoms with Crippen molar-refractivity contribution in [1.82, 2.24) is 0 Å². The van der Waals surface area contributed by atoms with E-state index in [1.54, 1.807) is 0 Å². The summed E-state index contributed by atoms with van der Waals surface area (Å²) in [6.45, 7) is 1.52. The number of hydrogen-bond acceptors (Lipinski definition) is 7. The van der Waals surface area contributed by atoms with E-state index in [0.29, 0.717) is 4.31 Å². The maximum absolute atomic E-state index is 12.9. The van der Waals surface area contributed by atoms with Crippen molar-refractivity contribution in [3.8, 4) is 11.5 Å². The SMILES string of the molecule is CC[C@H](C(=O)Nc1ccc(OC(F)(F)F)cc1)N(c1cc([N+](=O)[O-])ccc1OC)S(C)(=O)=O. The number of nitro groups is 1. The number of hydrogen-bond donors (Lipinski definition) is 1. The zero-order valence-corrected chi connectivity index (χ0v) is 18.4. The molecule has 0 aliphatic rings. The summed E-state index contributed by atoms with van der Waals surface area (Å²) in [5.74, 6) is -1.35. The number of nitrogens with zero attached hydrogens (tertiary/aromatic N) is 2. The molecule has 1 amide bonds. The summed E-state index contributed by atoms with van der Waals surface area (Å²) < 4.78 is 71.7. The van der Waals surface area contributed by atoms with Crippen LogP contribution >= 0.6 is 0 Å². The Morgan fingerprint density at radius 1 is 1.21 bits per heavy atom. The molecule has 0 bridgehead atoms. The van der Waals surface area contributed by atoms with Gasteiger partial charge in [-0.05, 0) is 36.8 Å². The third-order valence-corrected chi connectivity index (χ3v) is 5.46. The zero-order chi connectivity index (χ0) is 25.0. The second-order valence-electron chi connectivity index (χ2n) is 6.66. The molecule has 0 unspecified atom stereocenters. The van der Waals surface area contributed by atoms with Crippen molar-refractivity contribution in [2.24, 2.45) is 0 Å². The number of carbonyl (C=O) groups is 1. The average Bonchev–Trinajstić information content (AvgIpc) is 2.70. The minimum absolute atomic E-state index is 0.0223. The molecule has 2 rings (SSSR count). The Hall–Kier alpha value is -3.55. The number of non-ortho nitro benzene ring substituents is 1. The number of alkyl halides is 3. The maximum Gasteiger partial charge on any atom is 0.573 e. The fourth-order valence-electron chi connectivity index (χ4n) is 2.97. The predicted molar refractivity (Wildman–Crippen MR) is 113 cm³/mol. The largest absolute Gasteiger partial charge is 0.573 e. The quantitative estimate of drug-likeness (QED) is 0.419. The third-order valence-electron chi connectivity index (χ3n) is 4.30. The number of nitro benzene ring substituents is 1. The molecule has 2 aromatic carbocycles. The summed E-state index contributed by atoms with van der Waals surface area (Å²) in [7, 11) is -2.91. The Balaban J connectivity index is 2.41. The van der Waals surface area contributed by atoms with Crippen LogP contribution in [0.2, 0.25) is 0 Å². The molecule has 0 aromatic heterocycles. The van der Waals surface area contributed by atoms with E-state index < -0.39 is 44.7 Å². The molecule has 0 radical (unpaired) electrons. The fourth-order valence-corrected chi connectivity index (χ4v) is 4.17. The monoisotopic (exact) mass is 491 g/mol. The van der Waals surface area contributed by atoms with Crippen molar-refractivity contribution in [3.05, 3.63) is 52.6 Å². The molecule has 0 aliphatic heterocycles. The highest BCUT2D eigenvalue weighted by atomic mass is 32.2. The fraction of sp³-hybridized carbons (Fsp3) is 0.316. The second-order valence-corrected chi connectivity index (χ2v) is 8.52. The Morgan fingerprint density at radius 3 is 2.27 bits per heavy atom. The molecule has 0 heterocycles. The van der Waals surface area contributed by atoms with Gasteiger partial charge in [0.2, 0.25) is 15.9 Å². The van der Waals surface area contributed by atoms with E-state index in [-0.39, 0.29) is 23.5 Å². The van der Waals surface area contributed by atoms with Crippen LogP contribution in [-0.4, -0.2) is 45.0 Å². The third kappa shape index (κ3) is 6.71. The van der Waals surface area contributed by atoms with E-state index in [1.807, 2.05) is 0 Å². The number of rotatable bonds is 9. The number of benzene rings is 2. The molecule has 1 atom stereocenters. The smallest absolute Gasteiger partial charge is 0.495 e. The van der Waals surface area contributed by atoms with Gasteiger partial charge in [-0.15, -0.1) is 13.2 Å². The number of methoxy groups -OCH3 is 1. The Kier molecular flexibility index (Phi) is 7.74. The zero-order valence-electron chi connectivity index (χ0n) is 17.6. The van der Waals surface area contributed by atoms with Gasteiger partial charge in [0.25, 0.3) is 5.69 Å². The molecule has 0 fully saturated rings. The van der Waals surface area contributed by atoms with Gasteiger partial charge in [-0.3, -0.25) is 19.2 Å². The molecular formula is C19H20F3N3O7S. The Morgan fingerprint density at radius 2 is 1.82 bits per heavy atom. The molecule has 0 spiro atoms. The lowest BCUT2D eigenvalue weighted by Gasteiger charge is -2.30. The van der Waals surface area contributed by atoms with E-state index in [9.17, 15) is 36.5 Å². The summed E-state index contributed by atoms with van der Waals surface area (Å²) in [6, 6.07) is 6.17. The molecule has 2 aromatic rings. The van der Waals surface area contributed by atoms with Crippen molar-refractivity contribution >= 4 is 33.0 Å². The van der Waals surface area contributed by atoms with Gasteiger partial charge in [0.15, 0.2) is 0 Å². The van der Waals surface area contributed by atoms with Crippen LogP contribution in [0.3, 0.4) is 0 Å². The van der Waals surface area contributed by atoms with Crippen LogP contribution in [0.15, 0.2) is 42.5 Å². The minimum Gasteiger partial charge on any atom is -0.495 e. The van der Waals surface area contributed by atoms with Crippen molar-refractivity contribution in [2.75, 3.05) is 23.0 Å². The van der Waals surface area contributed by atoms with Gasteiger partial charge in [-0.2, -0.15) is 0 Å². The normalized spacial score (nSPS) is 12.5. The number of anilines is 2. The number of halogens is 3. The lowest BCUT2D eigenvalue weighted by atomic mass is 10.1. The van der Waals surface area contributed by atoms with Gasteiger partial charge in [-0.1, -0.05) is 6.92 Å². The number of carbonyl (C=O) groups excluding carboxylic acids is 1. The first-order chi connectivity index (χ1) is 15.3. The van der Waals surface area contributed by atoms with Crippen molar-refractivity contribution < 1.29 is 40.8 Å². The Bertz CT molecular complexity index is 1120. The highest BCUT2D eigenvalue weighted by Gasteiger charge is 2.35. The van der Waals surface area contributed by atoms with Gasteiger partial charge >= 0.3 is 6.36 Å². The minimum atomic E-state index is -4.88. The molecular weight excluding hydrogens is 471 g/mol. The predicted octanol–water partition coefficient (Wildman–Crippen LogP) is 3.69. The highest BCUT2D eigenvalue weighted by molar-refractivity contribution is 7.92. The number of sulfonamides is 1. The van der Waals surface area contributed by atoms with Crippen LogP contribution in [0.5, 0.6) is 11.5 Å². The van der Waals surface area contributed by atoms with Crippen LogP contribution in [-0.2, 0) is 14.8 Å². The van der Waals surface area contributed by atoms with Crippen LogP contribution in [0, 0.1) is 10.1 Å². The van der Waals surface area contributed by atoms with Gasteiger partial charge in [0.05, 0.1) is 18.3 Å². The van der Waals surface area contributed by atoms with Gasteiger partial charge < -0.3 is 14.8 Å². The van der Waals surface area contributed by atoms with Gasteiger partial charge in [0.1, 0.15) is 23.2 Å². The van der Waals surface area contributed by atoms with Crippen molar-refractivity contribution in [1.29, 1.82) is 0 Å². The molecule has 0 saturated heterocycles. The van der Waals surface area contributed by atoms with Crippen LogP contribution < -0.4 is 19.1 Å². The molecule has 1 N–H and O–H groups in total. The van der Waals surface area contributed by atoms with Crippen molar-refractivity contribution in [2.45, 2.75) is 25.7 Å². The molecule has 180 valence electrons. The molecule has 0 aliphatic carbocycles. The van der Waals surface area contributed by atoms with E-state index >= 15 is 0 Å². The van der Waals surface area contributed by atoms with Crippen LogP contribution in [0.25, 0.3) is 0 Å². The number of ether oxygens (including phenoxy) is 2. The second kappa shape index (κ2) is 9.94. The maximum atomic E-state index is 12.9. The van der Waals surface area contributed by atoms with Crippen LogP contribution in [0.4, 0.5) is 30.2 Å². The molecule has 10 nitrogen and oxygen atoms in total. The van der Waals surface area contributed by atoms with E-state index in [4.69, 9.17) is 4.74 Å². The highest BCUT2D eigenvalue weighted by Crippen LogP contribution is 2.36. The summed E-state index contributed by atoms with van der Waals surface area (Å²) in [6.07, 6.45) is -4.10. The lowest BCUT2D eigenvalue weighted by molar-refractivity contribution is -0.384. The molecule has 0 saturated carbocycles. The van der Waals surface area contributed by atoms with E-state index in [1.165, 1.54) is 20.1 Å². The topological polar surface area (TPSA) is 128 Å². The standard InChI is InChI=1S/C19H20F3N3O7S/c1-4-15(18(26)23-12-5-8-14(9-6-12)32-19(20,21)22)24(33(3,29)30)16-11-13(25(27)28)7-10-17(16)31-2/h5-11,15H,4H2,1-3H3,(H,23,26)/t15-/m1/s1. The summed E-state index contributed by atoms with van der Waals surface area (Å²) in [4.78, 5) is 23.4. The number of nitrogens with one attached hydrogen (secondary N) is 1.